The van der Waals surface area contributed by atoms with Crippen LogP contribution in [-0.2, 0) is 6.54 Å². The predicted molar refractivity (Wildman–Crippen MR) is 91.2 cm³/mol. The summed E-state index contributed by atoms with van der Waals surface area (Å²) < 4.78 is 1.08. The fourth-order valence-corrected chi connectivity index (χ4v) is 4.12. The number of carbonyl (C=O) groups excluding carboxylic acids is 1. The normalized spacial score (nSPS) is 11.0. The second-order valence-corrected chi connectivity index (χ2v) is 7.47. The predicted octanol–water partition coefficient (Wildman–Crippen LogP) is 4.09. The fourth-order valence-electron chi connectivity index (χ4n) is 2.17. The van der Waals surface area contributed by atoms with Crippen LogP contribution < -0.4 is 11.1 Å². The Balaban J connectivity index is 1.74. The van der Waals surface area contributed by atoms with E-state index in [0.717, 1.165) is 20.7 Å². The first kappa shape index (κ1) is 14.1. The number of amides is 1. The van der Waals surface area contributed by atoms with Gasteiger partial charge in [-0.3, -0.25) is 4.79 Å². The number of thiophene rings is 2. The molecule has 3 rings (SSSR count). The molecule has 0 unspecified atom stereocenters. The Labute approximate surface area is 131 Å². The highest BCUT2D eigenvalue weighted by Crippen LogP contribution is 2.27. The van der Waals surface area contributed by atoms with E-state index in [1.54, 1.807) is 11.3 Å². The molecule has 2 heterocycles. The average molecular weight is 316 g/mol. The Bertz CT molecular complexity index is 797. The highest BCUT2D eigenvalue weighted by atomic mass is 32.1. The Kier molecular flexibility index (Phi) is 3.69. The van der Waals surface area contributed by atoms with E-state index in [4.69, 9.17) is 5.73 Å². The lowest BCUT2D eigenvalue weighted by Crippen LogP contribution is -2.21. The van der Waals surface area contributed by atoms with Crippen LogP contribution in [-0.4, -0.2) is 5.91 Å². The lowest BCUT2D eigenvalue weighted by Gasteiger charge is -2.00. The number of nitrogens with two attached hydrogens (primary N) is 1. The third-order valence-corrected chi connectivity index (χ3v) is 5.67. The molecule has 2 aromatic heterocycles. The van der Waals surface area contributed by atoms with Crippen molar-refractivity contribution in [2.75, 3.05) is 5.73 Å². The van der Waals surface area contributed by atoms with Crippen LogP contribution in [0.2, 0.25) is 0 Å². The van der Waals surface area contributed by atoms with Gasteiger partial charge in [-0.25, -0.2) is 0 Å². The van der Waals surface area contributed by atoms with Crippen molar-refractivity contribution in [3.8, 4) is 0 Å². The zero-order valence-corrected chi connectivity index (χ0v) is 13.5. The van der Waals surface area contributed by atoms with Gasteiger partial charge in [0, 0.05) is 20.1 Å². The minimum Gasteiger partial charge on any atom is -0.399 e. The van der Waals surface area contributed by atoms with Gasteiger partial charge >= 0.3 is 0 Å². The summed E-state index contributed by atoms with van der Waals surface area (Å²) in [5.74, 6) is -0.0292. The third kappa shape index (κ3) is 2.94. The number of fused-ring (bicyclic) bond motifs is 1. The van der Waals surface area contributed by atoms with E-state index in [9.17, 15) is 4.79 Å². The molecular weight excluding hydrogens is 300 g/mol. The van der Waals surface area contributed by atoms with Crippen molar-refractivity contribution in [3.05, 3.63) is 50.5 Å². The lowest BCUT2D eigenvalue weighted by molar-refractivity contribution is 0.0955. The summed E-state index contributed by atoms with van der Waals surface area (Å²) in [5.41, 5.74) is 7.76. The number of carbonyl (C=O) groups is 1. The summed E-state index contributed by atoms with van der Waals surface area (Å²) in [6, 6.07) is 9.74. The van der Waals surface area contributed by atoms with E-state index in [1.807, 2.05) is 24.3 Å². The molecule has 0 aliphatic heterocycles. The van der Waals surface area contributed by atoms with Crippen LogP contribution >= 0.6 is 22.7 Å². The first-order valence-electron chi connectivity index (χ1n) is 6.66. The second-order valence-electron chi connectivity index (χ2n) is 5.04. The second kappa shape index (κ2) is 5.50. The molecule has 0 radical (unpaired) electrons. The van der Waals surface area contributed by atoms with Crippen LogP contribution in [0.5, 0.6) is 0 Å². The standard InChI is InChI=1S/C16H16N2OS2/c1-9-5-13(20-10(9)2)8-18-16(19)15-7-11-6-12(17)3-4-14(11)21-15/h3-7H,8,17H2,1-2H3,(H,18,19). The Morgan fingerprint density at radius 3 is 2.71 bits per heavy atom. The Morgan fingerprint density at radius 1 is 1.19 bits per heavy atom. The molecule has 1 amide bonds. The summed E-state index contributed by atoms with van der Waals surface area (Å²) in [6.45, 7) is 4.77. The van der Waals surface area contributed by atoms with E-state index in [2.05, 4.69) is 25.2 Å². The van der Waals surface area contributed by atoms with E-state index < -0.39 is 0 Å². The van der Waals surface area contributed by atoms with Crippen LogP contribution in [0.4, 0.5) is 5.69 Å². The molecule has 0 aliphatic rings. The van der Waals surface area contributed by atoms with Crippen molar-refractivity contribution in [1.82, 2.24) is 5.32 Å². The average Bonchev–Trinajstić information content (AvgIpc) is 3.00. The molecule has 0 saturated heterocycles. The van der Waals surface area contributed by atoms with Gasteiger partial charge in [-0.05, 0) is 55.1 Å². The minimum absolute atomic E-state index is 0.0292. The van der Waals surface area contributed by atoms with Gasteiger partial charge in [0.15, 0.2) is 0 Å². The molecule has 3 N–H and O–H groups in total. The van der Waals surface area contributed by atoms with Gasteiger partial charge in [0.1, 0.15) is 0 Å². The highest BCUT2D eigenvalue weighted by Gasteiger charge is 2.11. The minimum atomic E-state index is -0.0292. The largest absolute Gasteiger partial charge is 0.399 e. The van der Waals surface area contributed by atoms with Gasteiger partial charge in [0.05, 0.1) is 11.4 Å². The first-order valence-corrected chi connectivity index (χ1v) is 8.29. The maximum Gasteiger partial charge on any atom is 0.261 e. The van der Waals surface area contributed by atoms with Gasteiger partial charge in [0.2, 0.25) is 0 Å². The molecule has 21 heavy (non-hydrogen) atoms. The molecule has 0 saturated carbocycles. The maximum atomic E-state index is 12.2. The van der Waals surface area contributed by atoms with Gasteiger partial charge in [0.25, 0.3) is 5.91 Å². The van der Waals surface area contributed by atoms with E-state index in [1.165, 1.54) is 26.7 Å². The number of anilines is 1. The number of rotatable bonds is 3. The number of aryl methyl sites for hydroxylation is 2. The summed E-state index contributed by atoms with van der Waals surface area (Å²) in [6.07, 6.45) is 0. The van der Waals surface area contributed by atoms with Crippen LogP contribution in [0.1, 0.15) is 25.0 Å². The van der Waals surface area contributed by atoms with Gasteiger partial charge < -0.3 is 11.1 Å². The molecule has 1 aromatic carbocycles. The molecule has 5 heteroatoms. The maximum absolute atomic E-state index is 12.2. The van der Waals surface area contributed by atoms with Gasteiger partial charge in [-0.1, -0.05) is 0 Å². The van der Waals surface area contributed by atoms with Crippen molar-refractivity contribution < 1.29 is 4.79 Å². The fraction of sp³-hybridized carbons (Fsp3) is 0.188. The van der Waals surface area contributed by atoms with Crippen molar-refractivity contribution in [2.45, 2.75) is 20.4 Å². The summed E-state index contributed by atoms with van der Waals surface area (Å²) >= 11 is 3.22. The number of nitrogens with one attached hydrogen (secondary N) is 1. The quantitative estimate of drug-likeness (QED) is 0.715. The molecule has 3 aromatic rings. The van der Waals surface area contributed by atoms with Gasteiger partial charge in [-0.2, -0.15) is 0 Å². The Morgan fingerprint density at radius 2 is 2.00 bits per heavy atom. The summed E-state index contributed by atoms with van der Waals surface area (Å²) in [7, 11) is 0. The van der Waals surface area contributed by atoms with E-state index in [0.29, 0.717) is 6.54 Å². The molecule has 0 atom stereocenters. The third-order valence-electron chi connectivity index (χ3n) is 3.40. The molecule has 108 valence electrons. The number of nitrogen functional groups attached to an aromatic ring is 1. The number of hydrogen-bond acceptors (Lipinski definition) is 4. The van der Waals surface area contributed by atoms with Crippen molar-refractivity contribution >= 4 is 44.4 Å². The molecule has 0 spiro atoms. The highest BCUT2D eigenvalue weighted by molar-refractivity contribution is 7.20. The lowest BCUT2D eigenvalue weighted by atomic mass is 10.2. The smallest absolute Gasteiger partial charge is 0.261 e. The zero-order chi connectivity index (χ0) is 15.0. The molecule has 0 fully saturated rings. The van der Waals surface area contributed by atoms with Crippen LogP contribution in [0.25, 0.3) is 10.1 Å². The topological polar surface area (TPSA) is 55.1 Å². The molecular formula is C16H16N2OS2. The van der Waals surface area contributed by atoms with Crippen LogP contribution in [0, 0.1) is 13.8 Å². The SMILES string of the molecule is Cc1cc(CNC(=O)c2cc3cc(N)ccc3s2)sc1C. The van der Waals surface area contributed by atoms with Crippen LogP contribution in [0.15, 0.2) is 30.3 Å². The summed E-state index contributed by atoms with van der Waals surface area (Å²) in [4.78, 5) is 15.4. The van der Waals surface area contributed by atoms with Gasteiger partial charge in [-0.15, -0.1) is 22.7 Å². The zero-order valence-electron chi connectivity index (χ0n) is 11.9. The number of benzene rings is 1. The first-order chi connectivity index (χ1) is 10.0. The summed E-state index contributed by atoms with van der Waals surface area (Å²) in [5, 5.41) is 4.00. The molecule has 3 nitrogen and oxygen atoms in total. The number of hydrogen-bond donors (Lipinski definition) is 2. The van der Waals surface area contributed by atoms with E-state index >= 15 is 0 Å². The van der Waals surface area contributed by atoms with E-state index in [-0.39, 0.29) is 5.91 Å². The Hall–Kier alpha value is -1.85. The molecule has 0 aliphatic carbocycles. The van der Waals surface area contributed by atoms with Crippen molar-refractivity contribution in [3.63, 3.8) is 0 Å². The monoisotopic (exact) mass is 316 g/mol. The van der Waals surface area contributed by atoms with Crippen molar-refractivity contribution in [1.29, 1.82) is 0 Å². The molecule has 0 bridgehead atoms. The van der Waals surface area contributed by atoms with Crippen LogP contribution in [0.3, 0.4) is 0 Å². The van der Waals surface area contributed by atoms with Crippen molar-refractivity contribution in [2.24, 2.45) is 0 Å².